The summed E-state index contributed by atoms with van der Waals surface area (Å²) in [6.45, 7) is 6.47. The first-order chi connectivity index (χ1) is 4.00. The molecule has 2 heteroatoms. The van der Waals surface area contributed by atoms with Crippen LogP contribution in [0.1, 0.15) is 13.8 Å². The van der Waals surface area contributed by atoms with Crippen LogP contribution in [-0.2, 0) is 4.79 Å². The van der Waals surface area contributed by atoms with Crippen LogP contribution in [-0.4, -0.2) is 11.1 Å². The minimum atomic E-state index is -0.862. The van der Waals surface area contributed by atoms with Crippen molar-refractivity contribution in [1.29, 1.82) is 0 Å². The molecular formula is C7H10O2. The van der Waals surface area contributed by atoms with Gasteiger partial charge in [0.1, 0.15) is 0 Å². The lowest BCUT2D eigenvalue weighted by Crippen LogP contribution is -2.20. The second-order valence-electron chi connectivity index (χ2n) is 2.38. The number of hydrogen-bond donors (Lipinski definition) is 1. The highest BCUT2D eigenvalue weighted by atomic mass is 16.4. The molecule has 50 valence electrons. The van der Waals surface area contributed by atoms with Crippen molar-refractivity contribution in [3.63, 3.8) is 0 Å². The second kappa shape index (κ2) is 2.51. The fourth-order valence-corrected chi connectivity index (χ4v) is 0.317. The summed E-state index contributed by atoms with van der Waals surface area (Å²) in [6, 6.07) is 0. The fourth-order valence-electron chi connectivity index (χ4n) is 0.317. The Labute approximate surface area is 54.5 Å². The molecule has 0 heterocycles. The van der Waals surface area contributed by atoms with Gasteiger partial charge in [-0.1, -0.05) is 6.58 Å². The van der Waals surface area contributed by atoms with Crippen molar-refractivity contribution in [3.8, 4) is 0 Å². The van der Waals surface area contributed by atoms with E-state index < -0.39 is 11.4 Å². The maximum atomic E-state index is 10.3. The molecule has 0 amide bonds. The molecule has 0 bridgehead atoms. The van der Waals surface area contributed by atoms with Crippen molar-refractivity contribution in [1.82, 2.24) is 0 Å². The van der Waals surface area contributed by atoms with Gasteiger partial charge in [0.05, 0.1) is 5.41 Å². The molecular weight excluding hydrogens is 116 g/mol. The summed E-state index contributed by atoms with van der Waals surface area (Å²) < 4.78 is 0. The number of carboxylic acid groups (broad SMARTS) is 1. The molecule has 9 heavy (non-hydrogen) atoms. The highest BCUT2D eigenvalue weighted by Crippen LogP contribution is 2.15. The van der Waals surface area contributed by atoms with Crippen molar-refractivity contribution < 1.29 is 9.90 Å². The second-order valence-corrected chi connectivity index (χ2v) is 2.38. The topological polar surface area (TPSA) is 37.3 Å². The molecule has 0 aliphatic heterocycles. The zero-order valence-corrected chi connectivity index (χ0v) is 5.64. The van der Waals surface area contributed by atoms with E-state index in [1.54, 1.807) is 13.8 Å². The molecule has 0 atom stereocenters. The molecule has 0 rings (SSSR count). The largest absolute Gasteiger partial charge is 0.481 e. The molecule has 0 aromatic rings. The molecule has 0 fully saturated rings. The molecule has 2 nitrogen and oxygen atoms in total. The van der Waals surface area contributed by atoms with Crippen molar-refractivity contribution in [2.45, 2.75) is 13.8 Å². The maximum absolute atomic E-state index is 10.3. The van der Waals surface area contributed by atoms with Crippen LogP contribution in [0.4, 0.5) is 0 Å². The van der Waals surface area contributed by atoms with Gasteiger partial charge in [0.25, 0.3) is 0 Å². The van der Waals surface area contributed by atoms with Crippen LogP contribution in [0.15, 0.2) is 18.4 Å². The van der Waals surface area contributed by atoms with Gasteiger partial charge in [-0.25, -0.2) is 0 Å². The Morgan fingerprint density at radius 1 is 1.78 bits per heavy atom. The van der Waals surface area contributed by atoms with Crippen molar-refractivity contribution in [3.05, 3.63) is 18.4 Å². The number of carbonyl (C=O) groups is 1. The maximum Gasteiger partial charge on any atom is 0.313 e. The van der Waals surface area contributed by atoms with E-state index in [2.05, 4.69) is 12.3 Å². The highest BCUT2D eigenvalue weighted by molar-refractivity contribution is 5.75. The van der Waals surface area contributed by atoms with E-state index in [1.165, 1.54) is 6.08 Å². The molecule has 0 saturated carbocycles. The van der Waals surface area contributed by atoms with Gasteiger partial charge in [0.15, 0.2) is 0 Å². The van der Waals surface area contributed by atoms with Crippen molar-refractivity contribution in [2.24, 2.45) is 5.41 Å². The molecule has 0 spiro atoms. The molecule has 1 N–H and O–H groups in total. The Kier molecular flexibility index (Phi) is 2.23. The van der Waals surface area contributed by atoms with Crippen LogP contribution < -0.4 is 0 Å². The lowest BCUT2D eigenvalue weighted by atomic mass is 9.94. The first-order valence-corrected chi connectivity index (χ1v) is 2.61. The Balaban J connectivity index is 4.37. The number of rotatable bonds is 2. The molecule has 0 aromatic heterocycles. The first kappa shape index (κ1) is 7.99. The average Bonchev–Trinajstić information content (AvgIpc) is 1.65. The summed E-state index contributed by atoms with van der Waals surface area (Å²) in [5, 5.41) is 8.47. The van der Waals surface area contributed by atoms with E-state index in [0.29, 0.717) is 0 Å². The van der Waals surface area contributed by atoms with E-state index >= 15 is 0 Å². The highest BCUT2D eigenvalue weighted by Gasteiger charge is 2.22. The Hall–Kier alpha value is -1.01. The summed E-state index contributed by atoms with van der Waals surface area (Å²) in [4.78, 5) is 10.3. The fraction of sp³-hybridized carbons (Fsp3) is 0.429. The normalized spacial score (nSPS) is 10.0. The van der Waals surface area contributed by atoms with E-state index in [1.807, 2.05) is 0 Å². The predicted octanol–water partition coefficient (Wildman–Crippen LogP) is 1.44. The van der Waals surface area contributed by atoms with Crippen LogP contribution in [0, 0.1) is 5.41 Å². The minimum Gasteiger partial charge on any atom is -0.481 e. The third kappa shape index (κ3) is 2.15. The third-order valence-electron chi connectivity index (χ3n) is 1.01. The summed E-state index contributed by atoms with van der Waals surface area (Å²) >= 11 is 0. The monoisotopic (exact) mass is 126 g/mol. The third-order valence-corrected chi connectivity index (χ3v) is 1.01. The van der Waals surface area contributed by atoms with E-state index in [9.17, 15) is 4.79 Å². The van der Waals surface area contributed by atoms with Gasteiger partial charge < -0.3 is 5.11 Å². The predicted molar refractivity (Wildman–Crippen MR) is 35.1 cm³/mol. The summed E-state index contributed by atoms with van der Waals surface area (Å²) in [5.74, 6) is -0.862. The quantitative estimate of drug-likeness (QED) is 0.568. The first-order valence-electron chi connectivity index (χ1n) is 2.61. The van der Waals surface area contributed by atoms with Gasteiger partial charge in [0, 0.05) is 0 Å². The Morgan fingerprint density at radius 3 is 2.33 bits per heavy atom. The lowest BCUT2D eigenvalue weighted by Gasteiger charge is -2.10. The number of carboxylic acids is 1. The smallest absolute Gasteiger partial charge is 0.313 e. The Bertz CT molecular complexity index is 158. The molecule has 0 radical (unpaired) electrons. The minimum absolute atomic E-state index is 0.832. The van der Waals surface area contributed by atoms with E-state index in [4.69, 9.17) is 5.11 Å². The van der Waals surface area contributed by atoms with Gasteiger partial charge in [-0.15, -0.1) is 5.73 Å². The van der Waals surface area contributed by atoms with Crippen LogP contribution in [0.5, 0.6) is 0 Å². The van der Waals surface area contributed by atoms with Crippen LogP contribution in [0.25, 0.3) is 0 Å². The molecule has 0 aliphatic carbocycles. The van der Waals surface area contributed by atoms with Crippen LogP contribution in [0.2, 0.25) is 0 Å². The van der Waals surface area contributed by atoms with E-state index in [-0.39, 0.29) is 0 Å². The number of hydrogen-bond acceptors (Lipinski definition) is 1. The number of aliphatic carboxylic acids is 1. The SMILES string of the molecule is C=C=CC(C)(C)C(=O)O. The van der Waals surface area contributed by atoms with Crippen LogP contribution in [0.3, 0.4) is 0 Å². The summed E-state index contributed by atoms with van der Waals surface area (Å²) in [5.41, 5.74) is 1.60. The molecule has 0 aromatic carbocycles. The van der Waals surface area contributed by atoms with Gasteiger partial charge >= 0.3 is 5.97 Å². The zero-order chi connectivity index (χ0) is 7.49. The lowest BCUT2D eigenvalue weighted by molar-refractivity contribution is -0.144. The Morgan fingerprint density at radius 2 is 2.22 bits per heavy atom. The molecule has 0 unspecified atom stereocenters. The van der Waals surface area contributed by atoms with Gasteiger partial charge in [-0.3, -0.25) is 4.79 Å². The van der Waals surface area contributed by atoms with E-state index in [0.717, 1.165) is 0 Å². The van der Waals surface area contributed by atoms with Crippen molar-refractivity contribution >= 4 is 5.97 Å². The van der Waals surface area contributed by atoms with Gasteiger partial charge in [-0.2, -0.15) is 0 Å². The van der Waals surface area contributed by atoms with Crippen LogP contribution >= 0.6 is 0 Å². The van der Waals surface area contributed by atoms with Gasteiger partial charge in [-0.05, 0) is 19.9 Å². The average molecular weight is 126 g/mol. The molecule has 0 aliphatic rings. The summed E-state index contributed by atoms with van der Waals surface area (Å²) in [6.07, 6.45) is 1.43. The van der Waals surface area contributed by atoms with Gasteiger partial charge in [0.2, 0.25) is 0 Å². The summed E-state index contributed by atoms with van der Waals surface area (Å²) in [7, 11) is 0. The molecule has 0 saturated heterocycles. The zero-order valence-electron chi connectivity index (χ0n) is 5.64. The standard InChI is InChI=1S/C7H10O2/c1-4-5-7(2,3)6(8)9/h5H,1H2,2-3H3,(H,8,9). The van der Waals surface area contributed by atoms with Crippen molar-refractivity contribution in [2.75, 3.05) is 0 Å².